The van der Waals surface area contributed by atoms with Gasteiger partial charge in [-0.1, -0.05) is 43.2 Å². The summed E-state index contributed by atoms with van der Waals surface area (Å²) in [5, 5.41) is 0. The maximum absolute atomic E-state index is 6.28. The number of benzene rings is 1. The third-order valence-electron chi connectivity index (χ3n) is 4.29. The number of nitrogens with zero attached hydrogens (tertiary/aromatic N) is 1. The van der Waals surface area contributed by atoms with Crippen LogP contribution in [0.25, 0.3) is 0 Å². The largest absolute Gasteiger partial charge is 0.326 e. The van der Waals surface area contributed by atoms with Crippen molar-refractivity contribution in [2.45, 2.75) is 52.1 Å². The van der Waals surface area contributed by atoms with Crippen LogP contribution in [0.2, 0.25) is 0 Å². The van der Waals surface area contributed by atoms with Gasteiger partial charge in [0.1, 0.15) is 0 Å². The predicted octanol–water partition coefficient (Wildman–Crippen LogP) is 3.51. The van der Waals surface area contributed by atoms with Gasteiger partial charge in [-0.2, -0.15) is 0 Å². The highest BCUT2D eigenvalue weighted by Gasteiger charge is 2.30. The molecule has 1 heterocycles. The molecule has 2 rings (SSSR count). The molecule has 1 aliphatic rings. The number of hydrogen-bond acceptors (Lipinski definition) is 2. The van der Waals surface area contributed by atoms with Crippen LogP contribution in [0.3, 0.4) is 0 Å². The summed E-state index contributed by atoms with van der Waals surface area (Å²) in [6.07, 6.45) is 3.99. The third-order valence-corrected chi connectivity index (χ3v) is 4.29. The zero-order chi connectivity index (χ0) is 13.8. The molecule has 1 aromatic carbocycles. The Kier molecular flexibility index (Phi) is 5.00. The molecule has 3 unspecified atom stereocenters. The van der Waals surface area contributed by atoms with Gasteiger partial charge in [-0.25, -0.2) is 0 Å². The Balaban J connectivity index is 2.13. The summed E-state index contributed by atoms with van der Waals surface area (Å²) in [6.45, 7) is 9.00. The summed E-state index contributed by atoms with van der Waals surface area (Å²) in [6, 6.07) is 9.39. The second-order valence-electron chi connectivity index (χ2n) is 6.16. The lowest BCUT2D eigenvalue weighted by Crippen LogP contribution is -2.38. The molecule has 0 aliphatic carbocycles. The van der Waals surface area contributed by atoms with Gasteiger partial charge in [-0.3, -0.25) is 4.90 Å². The predicted molar refractivity (Wildman–Crippen MR) is 82.2 cm³/mol. The second-order valence-corrected chi connectivity index (χ2v) is 6.16. The highest BCUT2D eigenvalue weighted by atomic mass is 15.2. The van der Waals surface area contributed by atoms with Crippen molar-refractivity contribution in [2.75, 3.05) is 13.1 Å². The van der Waals surface area contributed by atoms with Gasteiger partial charge in [0.25, 0.3) is 0 Å². The van der Waals surface area contributed by atoms with E-state index >= 15 is 0 Å². The zero-order valence-corrected chi connectivity index (χ0v) is 12.6. The Morgan fingerprint density at radius 2 is 2.21 bits per heavy atom. The molecule has 1 aromatic rings. The Morgan fingerprint density at radius 3 is 2.84 bits per heavy atom. The number of likely N-dealkylation sites (tertiary alicyclic amines) is 1. The number of nitrogens with two attached hydrogens (primary N) is 1. The molecule has 2 heteroatoms. The van der Waals surface area contributed by atoms with Gasteiger partial charge in [0.2, 0.25) is 0 Å². The minimum absolute atomic E-state index is 0.183. The Labute approximate surface area is 118 Å². The van der Waals surface area contributed by atoms with Crippen molar-refractivity contribution < 1.29 is 0 Å². The van der Waals surface area contributed by atoms with Gasteiger partial charge < -0.3 is 5.73 Å². The smallest absolute Gasteiger partial charge is 0.0496 e. The van der Waals surface area contributed by atoms with Gasteiger partial charge in [0.15, 0.2) is 0 Å². The van der Waals surface area contributed by atoms with Crippen LogP contribution in [0.4, 0.5) is 0 Å². The van der Waals surface area contributed by atoms with E-state index in [4.69, 9.17) is 5.73 Å². The van der Waals surface area contributed by atoms with Crippen molar-refractivity contribution in [1.29, 1.82) is 0 Å². The Morgan fingerprint density at radius 1 is 1.42 bits per heavy atom. The van der Waals surface area contributed by atoms with Crippen LogP contribution in [0.15, 0.2) is 24.3 Å². The average molecular weight is 260 g/mol. The maximum atomic E-state index is 6.28. The van der Waals surface area contributed by atoms with Crippen LogP contribution in [0, 0.1) is 12.8 Å². The summed E-state index contributed by atoms with van der Waals surface area (Å²) < 4.78 is 0. The highest BCUT2D eigenvalue weighted by Crippen LogP contribution is 2.31. The average Bonchev–Trinajstić information content (AvgIpc) is 2.78. The van der Waals surface area contributed by atoms with Gasteiger partial charge in [-0.15, -0.1) is 0 Å². The summed E-state index contributed by atoms with van der Waals surface area (Å²) >= 11 is 0. The van der Waals surface area contributed by atoms with Gasteiger partial charge in [0, 0.05) is 18.6 Å². The Hall–Kier alpha value is -0.860. The molecule has 3 atom stereocenters. The maximum Gasteiger partial charge on any atom is 0.0496 e. The highest BCUT2D eigenvalue weighted by molar-refractivity contribution is 5.26. The van der Waals surface area contributed by atoms with Crippen molar-refractivity contribution in [3.63, 3.8) is 0 Å². The molecule has 106 valence electrons. The molecule has 2 N–H and O–H groups in total. The minimum atomic E-state index is 0.183. The van der Waals surface area contributed by atoms with Crippen molar-refractivity contribution in [2.24, 2.45) is 11.7 Å². The summed E-state index contributed by atoms with van der Waals surface area (Å²) in [5.41, 5.74) is 8.98. The van der Waals surface area contributed by atoms with Crippen molar-refractivity contribution in [1.82, 2.24) is 4.90 Å². The van der Waals surface area contributed by atoms with Crippen LogP contribution in [-0.2, 0) is 0 Å². The quantitative estimate of drug-likeness (QED) is 0.878. The van der Waals surface area contributed by atoms with E-state index in [0.717, 1.165) is 5.92 Å². The molecular formula is C17H28N2. The lowest BCUT2D eigenvalue weighted by atomic mass is 9.97. The first-order valence-corrected chi connectivity index (χ1v) is 7.68. The molecule has 0 saturated carbocycles. The molecule has 19 heavy (non-hydrogen) atoms. The molecule has 1 fully saturated rings. The first-order valence-electron chi connectivity index (χ1n) is 7.68. The molecule has 0 spiro atoms. The van der Waals surface area contributed by atoms with Crippen molar-refractivity contribution >= 4 is 0 Å². The third kappa shape index (κ3) is 3.58. The summed E-state index contributed by atoms with van der Waals surface area (Å²) in [4.78, 5) is 2.60. The van der Waals surface area contributed by atoms with Crippen LogP contribution in [-0.4, -0.2) is 24.0 Å². The molecule has 0 amide bonds. The van der Waals surface area contributed by atoms with Crippen LogP contribution < -0.4 is 5.73 Å². The standard InChI is InChI=1S/C17H28N2/c1-4-6-15-9-10-19(12-15)17(14(3)18)16-8-5-7-13(2)11-16/h5,7-8,11,14-15,17H,4,6,9-10,12,18H2,1-3H3. The fourth-order valence-corrected chi connectivity index (χ4v) is 3.46. The normalized spacial score (nSPS) is 23.5. The molecule has 0 aromatic heterocycles. The molecule has 2 nitrogen and oxygen atoms in total. The first-order chi connectivity index (χ1) is 9.11. The van der Waals surface area contributed by atoms with Crippen LogP contribution in [0.5, 0.6) is 0 Å². The van der Waals surface area contributed by atoms with E-state index in [9.17, 15) is 0 Å². The fourth-order valence-electron chi connectivity index (χ4n) is 3.46. The molecule has 0 bridgehead atoms. The second kappa shape index (κ2) is 6.53. The summed E-state index contributed by atoms with van der Waals surface area (Å²) in [7, 11) is 0. The van der Waals surface area contributed by atoms with Crippen LogP contribution >= 0.6 is 0 Å². The monoisotopic (exact) mass is 260 g/mol. The number of rotatable bonds is 5. The van der Waals surface area contributed by atoms with Crippen LogP contribution in [0.1, 0.15) is 50.3 Å². The van der Waals surface area contributed by atoms with E-state index < -0.39 is 0 Å². The van der Waals surface area contributed by atoms with Gasteiger partial charge in [-0.05, 0) is 44.7 Å². The first kappa shape index (κ1) is 14.5. The zero-order valence-electron chi connectivity index (χ0n) is 12.6. The molecular weight excluding hydrogens is 232 g/mol. The van der Waals surface area contributed by atoms with Crippen molar-refractivity contribution in [3.05, 3.63) is 35.4 Å². The molecule has 1 saturated heterocycles. The van der Waals surface area contributed by atoms with E-state index in [-0.39, 0.29) is 6.04 Å². The summed E-state index contributed by atoms with van der Waals surface area (Å²) in [5.74, 6) is 0.871. The molecule has 1 aliphatic heterocycles. The van der Waals surface area contributed by atoms with Gasteiger partial charge >= 0.3 is 0 Å². The lowest BCUT2D eigenvalue weighted by molar-refractivity contribution is 0.210. The number of aryl methyl sites for hydroxylation is 1. The minimum Gasteiger partial charge on any atom is -0.326 e. The SMILES string of the molecule is CCCC1CCN(C(c2cccc(C)c2)C(C)N)C1. The van der Waals surface area contributed by atoms with Gasteiger partial charge in [0.05, 0.1) is 0 Å². The number of hydrogen-bond donors (Lipinski definition) is 1. The topological polar surface area (TPSA) is 29.3 Å². The lowest BCUT2D eigenvalue weighted by Gasteiger charge is -2.31. The van der Waals surface area contributed by atoms with Crippen molar-refractivity contribution in [3.8, 4) is 0 Å². The van der Waals surface area contributed by atoms with E-state index in [0.29, 0.717) is 6.04 Å². The van der Waals surface area contributed by atoms with E-state index in [2.05, 4.69) is 49.9 Å². The molecule has 0 radical (unpaired) electrons. The van der Waals surface area contributed by atoms with E-state index in [1.807, 2.05) is 0 Å². The van der Waals surface area contributed by atoms with E-state index in [1.54, 1.807) is 0 Å². The fraction of sp³-hybridized carbons (Fsp3) is 0.647. The van der Waals surface area contributed by atoms with E-state index in [1.165, 1.54) is 43.5 Å². The Bertz CT molecular complexity index is 400.